The van der Waals surface area contributed by atoms with Crippen LogP contribution in [0.1, 0.15) is 26.7 Å². The summed E-state index contributed by atoms with van der Waals surface area (Å²) in [6.45, 7) is 4.17. The van der Waals surface area contributed by atoms with Crippen molar-refractivity contribution >= 4 is 5.91 Å². The number of methoxy groups -OCH3 is 1. The Kier molecular flexibility index (Phi) is 8.07. The first-order chi connectivity index (χ1) is 7.85. The van der Waals surface area contributed by atoms with Crippen molar-refractivity contribution in [2.75, 3.05) is 26.9 Å². The van der Waals surface area contributed by atoms with Crippen molar-refractivity contribution in [1.82, 2.24) is 5.32 Å². The maximum Gasteiger partial charge on any atom is 0.222 e. The van der Waals surface area contributed by atoms with Crippen molar-refractivity contribution in [2.24, 2.45) is 0 Å². The second-order valence-corrected chi connectivity index (χ2v) is 4.19. The lowest BCUT2D eigenvalue weighted by Crippen LogP contribution is -2.32. The number of amides is 1. The average molecular weight is 249 g/mol. The molecule has 17 heavy (non-hydrogen) atoms. The van der Waals surface area contributed by atoms with Gasteiger partial charge in [0.1, 0.15) is 0 Å². The van der Waals surface area contributed by atoms with Crippen LogP contribution in [0, 0.1) is 0 Å². The molecule has 0 aliphatic carbocycles. The molecule has 0 saturated heterocycles. The van der Waals surface area contributed by atoms with Crippen molar-refractivity contribution in [3.63, 3.8) is 0 Å². The van der Waals surface area contributed by atoms with Crippen molar-refractivity contribution in [3.8, 4) is 0 Å². The highest BCUT2D eigenvalue weighted by atomic mass is 16.5. The molecular formula is C11H23NO5. The van der Waals surface area contributed by atoms with Crippen LogP contribution in [0.25, 0.3) is 0 Å². The summed E-state index contributed by atoms with van der Waals surface area (Å²) in [7, 11) is 1.60. The van der Waals surface area contributed by atoms with E-state index in [0.717, 1.165) is 0 Å². The molecular weight excluding hydrogens is 226 g/mol. The fourth-order valence-electron chi connectivity index (χ4n) is 1.01. The van der Waals surface area contributed by atoms with Gasteiger partial charge in [-0.2, -0.15) is 0 Å². The number of hydrogen-bond acceptors (Lipinski definition) is 5. The van der Waals surface area contributed by atoms with E-state index < -0.39 is 5.79 Å². The van der Waals surface area contributed by atoms with Crippen LogP contribution < -0.4 is 5.32 Å². The number of ether oxygens (including phenoxy) is 2. The van der Waals surface area contributed by atoms with E-state index in [9.17, 15) is 4.79 Å². The van der Waals surface area contributed by atoms with Gasteiger partial charge in [-0.05, 0) is 13.8 Å². The highest BCUT2D eigenvalue weighted by molar-refractivity contribution is 5.75. The van der Waals surface area contributed by atoms with E-state index in [4.69, 9.17) is 19.7 Å². The Morgan fingerprint density at radius 1 is 1.47 bits per heavy atom. The summed E-state index contributed by atoms with van der Waals surface area (Å²) in [5.74, 6) is -1.91. The third-order valence-electron chi connectivity index (χ3n) is 2.15. The van der Waals surface area contributed by atoms with E-state index in [-0.39, 0.29) is 31.4 Å². The smallest absolute Gasteiger partial charge is 0.222 e. The average Bonchev–Trinajstić information content (AvgIpc) is 2.22. The third-order valence-corrected chi connectivity index (χ3v) is 2.15. The second-order valence-electron chi connectivity index (χ2n) is 4.19. The number of carbonyl (C=O) groups excluding carboxylic acids is 1. The number of nitrogens with one attached hydrogen (secondary N) is 1. The zero-order valence-electron chi connectivity index (χ0n) is 10.7. The molecule has 0 rings (SSSR count). The van der Waals surface area contributed by atoms with Crippen LogP contribution in [0.5, 0.6) is 0 Å². The molecule has 0 aliphatic rings. The molecule has 0 aromatic carbocycles. The molecule has 102 valence electrons. The Morgan fingerprint density at radius 2 is 2.12 bits per heavy atom. The van der Waals surface area contributed by atoms with E-state index in [1.807, 2.05) is 6.92 Å². The lowest BCUT2D eigenvalue weighted by molar-refractivity contribution is -0.149. The van der Waals surface area contributed by atoms with Crippen molar-refractivity contribution in [2.45, 2.75) is 38.6 Å². The van der Waals surface area contributed by atoms with Gasteiger partial charge >= 0.3 is 0 Å². The SMILES string of the molecule is COC(C)COCCC(=O)NCCC(C)(O)O. The number of carbonyl (C=O) groups is 1. The molecule has 0 fully saturated rings. The maximum absolute atomic E-state index is 11.3. The summed E-state index contributed by atoms with van der Waals surface area (Å²) in [5, 5.41) is 20.6. The fourth-order valence-corrected chi connectivity index (χ4v) is 1.01. The number of hydrogen-bond donors (Lipinski definition) is 3. The molecule has 6 nitrogen and oxygen atoms in total. The molecule has 0 aliphatic heterocycles. The highest BCUT2D eigenvalue weighted by Crippen LogP contribution is 2.01. The highest BCUT2D eigenvalue weighted by Gasteiger charge is 2.14. The molecule has 0 radical (unpaired) electrons. The quantitative estimate of drug-likeness (QED) is 0.383. The van der Waals surface area contributed by atoms with E-state index >= 15 is 0 Å². The summed E-state index contributed by atoms with van der Waals surface area (Å²) < 4.78 is 10.2. The largest absolute Gasteiger partial charge is 0.379 e. The van der Waals surface area contributed by atoms with Gasteiger partial charge in [-0.25, -0.2) is 0 Å². The third kappa shape index (κ3) is 11.6. The van der Waals surface area contributed by atoms with Gasteiger partial charge in [0.05, 0.1) is 19.3 Å². The fraction of sp³-hybridized carbons (Fsp3) is 0.909. The minimum Gasteiger partial charge on any atom is -0.379 e. The lowest BCUT2D eigenvalue weighted by Gasteiger charge is -2.15. The minimum atomic E-state index is -1.74. The van der Waals surface area contributed by atoms with Crippen LogP contribution >= 0.6 is 0 Å². The first kappa shape index (κ1) is 16.3. The summed E-state index contributed by atoms with van der Waals surface area (Å²) >= 11 is 0. The lowest BCUT2D eigenvalue weighted by atomic mass is 10.2. The van der Waals surface area contributed by atoms with Gasteiger partial charge in [0, 0.05) is 26.5 Å². The summed E-state index contributed by atoms with van der Waals surface area (Å²) in [4.78, 5) is 11.3. The molecule has 3 N–H and O–H groups in total. The maximum atomic E-state index is 11.3. The normalized spacial score (nSPS) is 13.5. The van der Waals surface area contributed by atoms with Crippen molar-refractivity contribution in [3.05, 3.63) is 0 Å². The van der Waals surface area contributed by atoms with Crippen LogP contribution in [0.2, 0.25) is 0 Å². The molecule has 1 atom stereocenters. The molecule has 0 aromatic heterocycles. The predicted molar refractivity (Wildman–Crippen MR) is 62.4 cm³/mol. The Hall–Kier alpha value is -0.690. The first-order valence-electron chi connectivity index (χ1n) is 5.67. The second kappa shape index (κ2) is 8.41. The zero-order chi connectivity index (χ0) is 13.3. The van der Waals surface area contributed by atoms with Gasteiger partial charge in [-0.15, -0.1) is 0 Å². The monoisotopic (exact) mass is 249 g/mol. The molecule has 0 heterocycles. The number of rotatable bonds is 9. The van der Waals surface area contributed by atoms with Gasteiger partial charge in [0.25, 0.3) is 0 Å². The molecule has 0 saturated carbocycles. The topological polar surface area (TPSA) is 88.0 Å². The van der Waals surface area contributed by atoms with Gasteiger partial charge in [-0.3, -0.25) is 4.79 Å². The molecule has 6 heteroatoms. The molecule has 1 amide bonds. The van der Waals surface area contributed by atoms with E-state index in [1.165, 1.54) is 6.92 Å². The van der Waals surface area contributed by atoms with Crippen LogP contribution in [0.3, 0.4) is 0 Å². The van der Waals surface area contributed by atoms with Crippen molar-refractivity contribution < 1.29 is 24.5 Å². The van der Waals surface area contributed by atoms with E-state index in [0.29, 0.717) is 13.2 Å². The Bertz CT molecular complexity index is 214. The molecule has 1 unspecified atom stereocenters. The standard InChI is InChI=1S/C11H23NO5/c1-9(16-3)8-17-7-4-10(13)12-6-5-11(2,14)15/h9,14-15H,4-8H2,1-3H3,(H,12,13). The van der Waals surface area contributed by atoms with Gasteiger partial charge in [-0.1, -0.05) is 0 Å². The predicted octanol–water partition coefficient (Wildman–Crippen LogP) is -0.365. The number of aliphatic hydroxyl groups is 2. The first-order valence-corrected chi connectivity index (χ1v) is 5.67. The minimum absolute atomic E-state index is 0.0162. The molecule has 0 aromatic rings. The molecule has 0 bridgehead atoms. The zero-order valence-corrected chi connectivity index (χ0v) is 10.7. The van der Waals surface area contributed by atoms with Crippen molar-refractivity contribution in [1.29, 1.82) is 0 Å². The van der Waals surface area contributed by atoms with Crippen LogP contribution in [-0.4, -0.2) is 54.9 Å². The van der Waals surface area contributed by atoms with Crippen LogP contribution in [0.15, 0.2) is 0 Å². The van der Waals surface area contributed by atoms with Crippen LogP contribution in [0.4, 0.5) is 0 Å². The summed E-state index contributed by atoms with van der Waals surface area (Å²) in [6.07, 6.45) is 0.368. The van der Waals surface area contributed by atoms with E-state index in [2.05, 4.69) is 5.32 Å². The van der Waals surface area contributed by atoms with Crippen LogP contribution in [-0.2, 0) is 14.3 Å². The molecule has 0 spiro atoms. The van der Waals surface area contributed by atoms with E-state index in [1.54, 1.807) is 7.11 Å². The van der Waals surface area contributed by atoms with Gasteiger partial charge in [0.2, 0.25) is 5.91 Å². The Labute approximate surface area is 102 Å². The summed E-state index contributed by atoms with van der Waals surface area (Å²) in [6, 6.07) is 0. The van der Waals surface area contributed by atoms with Gasteiger partial charge in [0.15, 0.2) is 5.79 Å². The Balaban J connectivity index is 3.41. The Morgan fingerprint density at radius 3 is 2.65 bits per heavy atom. The summed E-state index contributed by atoms with van der Waals surface area (Å²) in [5.41, 5.74) is 0. The van der Waals surface area contributed by atoms with Gasteiger partial charge < -0.3 is 25.0 Å².